The van der Waals surface area contributed by atoms with E-state index < -0.39 is 45.9 Å². The van der Waals surface area contributed by atoms with E-state index in [9.17, 15) is 31.2 Å². The van der Waals surface area contributed by atoms with Gasteiger partial charge in [0.2, 0.25) is 5.91 Å². The van der Waals surface area contributed by atoms with Crippen LogP contribution in [0.25, 0.3) is 21.6 Å². The largest absolute Gasteiger partial charge is 0.389 e. The molecule has 2 heterocycles. The molecule has 0 unspecified atom stereocenters. The summed E-state index contributed by atoms with van der Waals surface area (Å²) in [6.07, 6.45) is -5.43. The Labute approximate surface area is 278 Å². The molecule has 0 saturated carbocycles. The molecule has 1 saturated heterocycles. The number of carbonyl (C=O) groups is 2. The number of halogens is 5. The number of primary amides is 1. The highest BCUT2D eigenvalue weighted by molar-refractivity contribution is 7.91. The second kappa shape index (κ2) is 13.4. The molecule has 0 spiro atoms. The Bertz CT molecular complexity index is 1850. The summed E-state index contributed by atoms with van der Waals surface area (Å²) in [5.41, 5.74) is 7.63. The summed E-state index contributed by atoms with van der Waals surface area (Å²) in [7, 11) is -3.94. The average molecular weight is 710 g/mol. The number of nitrogens with two attached hydrogens (primary N) is 1. The number of hydrogen-bond donors (Lipinski definition) is 1. The van der Waals surface area contributed by atoms with Crippen LogP contribution in [0.1, 0.15) is 40.9 Å². The van der Waals surface area contributed by atoms with Crippen molar-refractivity contribution in [2.75, 3.05) is 18.8 Å². The van der Waals surface area contributed by atoms with Crippen LogP contribution in [0.5, 0.6) is 0 Å². The zero-order valence-electron chi connectivity index (χ0n) is 24.3. The van der Waals surface area contributed by atoms with Crippen LogP contribution in [-0.4, -0.2) is 50.2 Å². The van der Waals surface area contributed by atoms with Crippen molar-refractivity contribution in [3.63, 3.8) is 0 Å². The van der Waals surface area contributed by atoms with E-state index in [0.29, 0.717) is 62.4 Å². The summed E-state index contributed by atoms with van der Waals surface area (Å²) in [5, 5.41) is 0.776. The summed E-state index contributed by atoms with van der Waals surface area (Å²) < 4.78 is 63.1. The molecule has 5 rings (SSSR count). The van der Waals surface area contributed by atoms with E-state index in [2.05, 4.69) is 0 Å². The number of thiophene rings is 1. The van der Waals surface area contributed by atoms with Crippen molar-refractivity contribution in [2.45, 2.75) is 42.2 Å². The minimum Gasteiger partial charge on any atom is -0.369 e. The Morgan fingerprint density at radius 3 is 2.15 bits per heavy atom. The molecular formula is C33H29Cl2F3N2O4S2. The van der Waals surface area contributed by atoms with E-state index in [1.54, 1.807) is 41.3 Å². The van der Waals surface area contributed by atoms with E-state index in [1.807, 2.05) is 30.3 Å². The van der Waals surface area contributed by atoms with Crippen LogP contribution in [0.2, 0.25) is 10.0 Å². The lowest BCUT2D eigenvalue weighted by atomic mass is 9.72. The minimum atomic E-state index is -4.44. The van der Waals surface area contributed by atoms with E-state index in [1.165, 1.54) is 23.5 Å². The van der Waals surface area contributed by atoms with Crippen LogP contribution in [-0.2, 0) is 20.0 Å². The zero-order chi connectivity index (χ0) is 33.3. The number of sulfone groups is 1. The number of nitrogens with zero attached hydrogens (tertiary/aromatic N) is 1. The topological polar surface area (TPSA) is 97.5 Å². The quantitative estimate of drug-likeness (QED) is 0.190. The molecule has 1 aliphatic rings. The Hall–Kier alpha value is -3.38. The van der Waals surface area contributed by atoms with E-state index in [-0.39, 0.29) is 10.8 Å². The second-order valence-electron chi connectivity index (χ2n) is 11.1. The predicted molar refractivity (Wildman–Crippen MR) is 175 cm³/mol. The van der Waals surface area contributed by atoms with Crippen molar-refractivity contribution in [1.82, 2.24) is 4.90 Å². The third-order valence-corrected chi connectivity index (χ3v) is 11.7. The highest BCUT2D eigenvalue weighted by atomic mass is 35.5. The Morgan fingerprint density at radius 1 is 0.913 bits per heavy atom. The lowest BCUT2D eigenvalue weighted by Gasteiger charge is -2.40. The van der Waals surface area contributed by atoms with Gasteiger partial charge >= 0.3 is 6.18 Å². The van der Waals surface area contributed by atoms with Gasteiger partial charge in [-0.2, -0.15) is 13.2 Å². The van der Waals surface area contributed by atoms with Crippen molar-refractivity contribution in [2.24, 2.45) is 5.73 Å². The zero-order valence-corrected chi connectivity index (χ0v) is 27.5. The first-order valence-corrected chi connectivity index (χ1v) is 17.6. The molecule has 242 valence electrons. The summed E-state index contributed by atoms with van der Waals surface area (Å²) >= 11 is 13.9. The maximum Gasteiger partial charge on any atom is 0.389 e. The predicted octanol–water partition coefficient (Wildman–Crippen LogP) is 8.16. The van der Waals surface area contributed by atoms with Crippen molar-refractivity contribution in [1.29, 1.82) is 0 Å². The lowest BCUT2D eigenvalue weighted by Crippen LogP contribution is -2.51. The number of amides is 2. The fraction of sp³-hybridized carbons (Fsp3) is 0.273. The fourth-order valence-electron chi connectivity index (χ4n) is 5.69. The first-order chi connectivity index (χ1) is 21.7. The molecule has 4 aromatic rings. The van der Waals surface area contributed by atoms with E-state index in [4.69, 9.17) is 28.9 Å². The van der Waals surface area contributed by atoms with Gasteiger partial charge in [-0.15, -0.1) is 11.3 Å². The van der Waals surface area contributed by atoms with Gasteiger partial charge in [0.05, 0.1) is 26.0 Å². The van der Waals surface area contributed by atoms with Crippen molar-refractivity contribution >= 4 is 56.2 Å². The summed E-state index contributed by atoms with van der Waals surface area (Å²) in [6.45, 7) is 0.615. The van der Waals surface area contributed by atoms with Gasteiger partial charge in [0.25, 0.3) is 5.91 Å². The molecule has 1 fully saturated rings. The van der Waals surface area contributed by atoms with Crippen molar-refractivity contribution in [3.8, 4) is 21.6 Å². The second-order valence-corrected chi connectivity index (χ2v) is 15.1. The number of carbonyl (C=O) groups excluding carboxylic acids is 2. The fourth-order valence-corrected chi connectivity index (χ4v) is 8.75. The maximum absolute atomic E-state index is 13.8. The summed E-state index contributed by atoms with van der Waals surface area (Å²) in [6, 6.07) is 21.8. The highest BCUT2D eigenvalue weighted by Gasteiger charge is 2.42. The molecule has 0 atom stereocenters. The van der Waals surface area contributed by atoms with E-state index in [0.717, 1.165) is 5.56 Å². The average Bonchev–Trinajstić information content (AvgIpc) is 3.45. The molecular weight excluding hydrogens is 680 g/mol. The molecule has 13 heteroatoms. The van der Waals surface area contributed by atoms with Crippen molar-refractivity contribution < 1.29 is 31.2 Å². The molecule has 0 aliphatic carbocycles. The van der Waals surface area contributed by atoms with Gasteiger partial charge in [0.15, 0.2) is 9.84 Å². The molecule has 2 amide bonds. The van der Waals surface area contributed by atoms with Gasteiger partial charge in [-0.1, -0.05) is 71.7 Å². The summed E-state index contributed by atoms with van der Waals surface area (Å²) in [4.78, 5) is 29.1. The standard InChI is InChI=1S/C33H29Cl2F3N2O4S2/c34-23-9-12-25(27(35)19-23)29-26(21-7-10-24(11-8-21)46(43,44)18-4-13-33(36,37)38)20-28(45-29)30(41)40-16-14-32(15-17-40,31(39)42)22-5-2-1-3-6-22/h1-3,5-12,19-20H,4,13-18H2,(H2,39,42). The molecule has 1 aliphatic heterocycles. The van der Waals surface area contributed by atoms with Gasteiger partial charge in [0.1, 0.15) is 0 Å². The molecule has 1 aromatic heterocycles. The van der Waals surface area contributed by atoms with Crippen LogP contribution in [0.4, 0.5) is 13.2 Å². The minimum absolute atomic E-state index is 0.0966. The first kappa shape index (κ1) is 34.0. The number of likely N-dealkylation sites (tertiary alicyclic amines) is 1. The van der Waals surface area contributed by atoms with Gasteiger partial charge < -0.3 is 10.6 Å². The third-order valence-electron chi connectivity index (χ3n) is 8.22. The molecule has 3 aromatic carbocycles. The Balaban J connectivity index is 1.44. The van der Waals surface area contributed by atoms with Crippen LogP contribution >= 0.6 is 34.5 Å². The highest BCUT2D eigenvalue weighted by Crippen LogP contribution is 2.44. The van der Waals surface area contributed by atoms with Crippen LogP contribution in [0.15, 0.2) is 83.8 Å². The normalized spacial score (nSPS) is 15.1. The molecule has 2 N–H and O–H groups in total. The van der Waals surface area contributed by atoms with E-state index >= 15 is 0 Å². The van der Waals surface area contributed by atoms with Gasteiger partial charge in [0, 0.05) is 40.5 Å². The SMILES string of the molecule is NC(=O)C1(c2ccccc2)CCN(C(=O)c2cc(-c3ccc(S(=O)(=O)CCCC(F)(F)F)cc3)c(-c3ccc(Cl)cc3Cl)s2)CC1. The Kier molecular flexibility index (Phi) is 9.89. The molecule has 46 heavy (non-hydrogen) atoms. The number of hydrogen-bond acceptors (Lipinski definition) is 5. The summed E-state index contributed by atoms with van der Waals surface area (Å²) in [5.74, 6) is -1.31. The smallest absolute Gasteiger partial charge is 0.369 e. The van der Waals surface area contributed by atoms with Gasteiger partial charge in [-0.3, -0.25) is 9.59 Å². The number of piperidine rings is 1. The number of rotatable bonds is 9. The van der Waals surface area contributed by atoms with Gasteiger partial charge in [-0.25, -0.2) is 8.42 Å². The van der Waals surface area contributed by atoms with Crippen molar-refractivity contribution in [3.05, 3.63) is 99.3 Å². The Morgan fingerprint density at radius 2 is 1.57 bits per heavy atom. The molecule has 0 bridgehead atoms. The molecule has 0 radical (unpaired) electrons. The first-order valence-electron chi connectivity index (χ1n) is 14.3. The number of alkyl halides is 3. The van der Waals surface area contributed by atoms with Crippen LogP contribution in [0, 0.1) is 0 Å². The number of benzene rings is 3. The lowest BCUT2D eigenvalue weighted by molar-refractivity contribution is -0.134. The van der Waals surface area contributed by atoms with Gasteiger partial charge in [-0.05, 0) is 60.7 Å². The maximum atomic E-state index is 13.8. The third kappa shape index (κ3) is 7.27. The molecule has 6 nitrogen and oxygen atoms in total. The van der Waals surface area contributed by atoms with Crippen LogP contribution in [0.3, 0.4) is 0 Å². The van der Waals surface area contributed by atoms with Crippen LogP contribution < -0.4 is 5.73 Å². The monoisotopic (exact) mass is 708 g/mol.